The number of hydrogen-bond donors (Lipinski definition) is 0. The van der Waals surface area contributed by atoms with Crippen LogP contribution in [0.3, 0.4) is 0 Å². The molecule has 0 rings (SSSR count). The van der Waals surface area contributed by atoms with Crippen molar-refractivity contribution < 1.29 is 18.1 Å². The summed E-state index contributed by atoms with van der Waals surface area (Å²) < 4.78 is 15.2. The van der Waals surface area contributed by atoms with E-state index in [1.807, 2.05) is 0 Å². The molecular formula is C6H13O4SSi-. The van der Waals surface area contributed by atoms with Crippen molar-refractivity contribution in [2.24, 2.45) is 0 Å². The molecular weight excluding hydrogens is 196 g/mol. The lowest BCUT2D eigenvalue weighted by molar-refractivity contribution is -0.111. The van der Waals surface area contributed by atoms with Crippen LogP contribution in [0.1, 0.15) is 6.92 Å². The molecule has 0 saturated carbocycles. The van der Waals surface area contributed by atoms with Gasteiger partial charge in [0.05, 0.1) is 5.54 Å². The molecule has 1 atom stereocenters. The lowest BCUT2D eigenvalue weighted by Crippen LogP contribution is -2.49. The molecule has 0 bridgehead atoms. The van der Waals surface area contributed by atoms with Gasteiger partial charge in [0.25, 0.3) is 0 Å². The first-order valence-electron chi connectivity index (χ1n) is 3.40. The predicted octanol–water partition coefficient (Wildman–Crippen LogP) is 0.328. The molecule has 0 heterocycles. The monoisotopic (exact) mass is 209 g/mol. The van der Waals surface area contributed by atoms with E-state index in [9.17, 15) is 4.79 Å². The van der Waals surface area contributed by atoms with Gasteiger partial charge in [-0.05, 0) is 0 Å². The number of rotatable bonds is 5. The Morgan fingerprint density at radius 2 is 1.58 bits per heavy atom. The molecule has 0 aromatic rings. The van der Waals surface area contributed by atoms with Gasteiger partial charge in [-0.15, -0.1) is 0 Å². The van der Waals surface area contributed by atoms with Crippen molar-refractivity contribution >= 4 is 26.5 Å². The van der Waals surface area contributed by atoms with Crippen LogP contribution in [0.2, 0.25) is 5.54 Å². The molecule has 72 valence electrons. The van der Waals surface area contributed by atoms with Gasteiger partial charge in [-0.2, -0.15) is 0 Å². The second-order valence-electron chi connectivity index (χ2n) is 2.26. The minimum Gasteiger partial charge on any atom is -0.742 e. The van der Waals surface area contributed by atoms with Gasteiger partial charge in [0.1, 0.15) is 0 Å². The summed E-state index contributed by atoms with van der Waals surface area (Å²) in [6.07, 6.45) is 0. The van der Waals surface area contributed by atoms with Gasteiger partial charge in [0.15, 0.2) is 0 Å². The highest BCUT2D eigenvalue weighted by molar-refractivity contribution is 7.77. The van der Waals surface area contributed by atoms with E-state index in [0.29, 0.717) is 0 Å². The normalized spacial score (nSPS) is 14.3. The topological polar surface area (TPSA) is 44.8 Å². The summed E-state index contributed by atoms with van der Waals surface area (Å²) in [6.45, 7) is 1.65. The number of hydrogen-bond acceptors (Lipinski definition) is 5. The molecule has 0 aliphatic heterocycles. The van der Waals surface area contributed by atoms with Gasteiger partial charge >= 0.3 is 8.80 Å². The lowest BCUT2D eigenvalue weighted by atomic mass is 10.5. The predicted molar refractivity (Wildman–Crippen MR) is 48.6 cm³/mol. The summed E-state index contributed by atoms with van der Waals surface area (Å²) in [6, 6.07) is 0. The van der Waals surface area contributed by atoms with E-state index in [1.165, 1.54) is 21.3 Å². The van der Waals surface area contributed by atoms with Crippen molar-refractivity contribution in [3.63, 3.8) is 0 Å². The van der Waals surface area contributed by atoms with Crippen LogP contribution in [0.5, 0.6) is 0 Å². The van der Waals surface area contributed by atoms with Gasteiger partial charge in [-0.25, -0.2) is 0 Å². The first-order valence-corrected chi connectivity index (χ1v) is 5.61. The minimum atomic E-state index is -2.84. The zero-order valence-electron chi connectivity index (χ0n) is 7.62. The average Bonchev–Trinajstić information content (AvgIpc) is 2.08. The van der Waals surface area contributed by atoms with Crippen molar-refractivity contribution in [3.05, 3.63) is 0 Å². The van der Waals surface area contributed by atoms with Crippen molar-refractivity contribution in [1.82, 2.24) is 0 Å². The van der Waals surface area contributed by atoms with Crippen LogP contribution in [0.15, 0.2) is 0 Å². The Morgan fingerprint density at radius 1 is 1.25 bits per heavy atom. The van der Waals surface area contributed by atoms with Gasteiger partial charge in [0, 0.05) is 26.4 Å². The Morgan fingerprint density at radius 3 is 1.67 bits per heavy atom. The fraction of sp³-hybridized carbons (Fsp3) is 0.833. The molecule has 1 unspecified atom stereocenters. The standard InChI is InChI=1S/C6H14O4SSi/c1-5(6(7)11)12(8-2,9-3)10-4/h5H,1-4H3,(H,7,11)/p-1. The van der Waals surface area contributed by atoms with Crippen LogP contribution in [-0.2, 0) is 30.7 Å². The molecule has 0 radical (unpaired) electrons. The van der Waals surface area contributed by atoms with Crippen LogP contribution in [-0.4, -0.2) is 35.2 Å². The number of carbonyl (C=O) groups excluding carboxylic acids is 1. The first kappa shape index (κ1) is 12.0. The summed E-state index contributed by atoms with van der Waals surface area (Å²) in [5.41, 5.74) is -0.493. The van der Waals surface area contributed by atoms with Crippen molar-refractivity contribution in [3.8, 4) is 0 Å². The van der Waals surface area contributed by atoms with Crippen LogP contribution >= 0.6 is 0 Å². The van der Waals surface area contributed by atoms with Gasteiger partial charge in [0.2, 0.25) is 0 Å². The molecule has 0 aliphatic rings. The maximum Gasteiger partial charge on any atom is 0.508 e. The Balaban J connectivity index is 4.58. The Kier molecular flexibility index (Phi) is 4.87. The van der Waals surface area contributed by atoms with E-state index in [2.05, 4.69) is 12.6 Å². The summed E-state index contributed by atoms with van der Waals surface area (Å²) in [4.78, 5) is 10.9. The molecule has 12 heavy (non-hydrogen) atoms. The van der Waals surface area contributed by atoms with E-state index in [0.717, 1.165) is 0 Å². The Labute approximate surface area is 79.0 Å². The highest BCUT2D eigenvalue weighted by atomic mass is 32.1. The largest absolute Gasteiger partial charge is 0.742 e. The number of carbonyl (C=O) groups is 1. The van der Waals surface area contributed by atoms with Crippen molar-refractivity contribution in [1.29, 1.82) is 0 Å². The summed E-state index contributed by atoms with van der Waals surface area (Å²) in [7, 11) is 1.52. The molecule has 0 spiro atoms. The first-order chi connectivity index (χ1) is 5.54. The fourth-order valence-electron chi connectivity index (χ4n) is 0.925. The van der Waals surface area contributed by atoms with Gasteiger partial charge in [-0.1, -0.05) is 6.92 Å². The second-order valence-corrected chi connectivity index (χ2v) is 5.96. The molecule has 6 heteroatoms. The van der Waals surface area contributed by atoms with E-state index in [1.54, 1.807) is 6.92 Å². The van der Waals surface area contributed by atoms with Crippen LogP contribution in [0.4, 0.5) is 0 Å². The SMILES string of the molecule is CO[Si](OC)(OC)C(C)C(=O)[S-]. The van der Waals surface area contributed by atoms with Crippen molar-refractivity contribution in [2.75, 3.05) is 21.3 Å². The fourth-order valence-corrected chi connectivity index (χ4v) is 3.21. The molecule has 0 fully saturated rings. The van der Waals surface area contributed by atoms with E-state index in [4.69, 9.17) is 13.3 Å². The third-order valence-corrected chi connectivity index (χ3v) is 5.33. The third-order valence-electron chi connectivity index (χ3n) is 1.74. The molecule has 0 saturated heterocycles. The molecule has 0 aromatic heterocycles. The molecule has 0 aromatic carbocycles. The Hall–Kier alpha value is -0.0131. The summed E-state index contributed by atoms with van der Waals surface area (Å²) in [5, 5.41) is -0.396. The van der Waals surface area contributed by atoms with E-state index >= 15 is 0 Å². The second kappa shape index (κ2) is 4.88. The van der Waals surface area contributed by atoms with Gasteiger partial charge < -0.3 is 30.7 Å². The average molecular weight is 209 g/mol. The summed E-state index contributed by atoms with van der Waals surface area (Å²) in [5.74, 6) is 0. The van der Waals surface area contributed by atoms with Crippen LogP contribution in [0, 0.1) is 0 Å². The van der Waals surface area contributed by atoms with E-state index in [-0.39, 0.29) is 0 Å². The van der Waals surface area contributed by atoms with Crippen LogP contribution in [0.25, 0.3) is 0 Å². The quantitative estimate of drug-likeness (QED) is 0.482. The third kappa shape index (κ3) is 2.24. The van der Waals surface area contributed by atoms with E-state index < -0.39 is 19.5 Å². The highest BCUT2D eigenvalue weighted by Crippen LogP contribution is 2.23. The highest BCUT2D eigenvalue weighted by Gasteiger charge is 2.45. The molecule has 0 amide bonds. The van der Waals surface area contributed by atoms with Crippen molar-refractivity contribution in [2.45, 2.75) is 12.5 Å². The molecule has 0 N–H and O–H groups in total. The smallest absolute Gasteiger partial charge is 0.508 e. The lowest BCUT2D eigenvalue weighted by Gasteiger charge is -2.30. The molecule has 4 nitrogen and oxygen atoms in total. The summed E-state index contributed by atoms with van der Waals surface area (Å²) >= 11 is 4.50. The maximum atomic E-state index is 10.9. The maximum absolute atomic E-state index is 10.9. The Bertz CT molecular complexity index is 151. The molecule has 0 aliphatic carbocycles. The zero-order chi connectivity index (χ0) is 9.78. The minimum absolute atomic E-state index is 0.396. The van der Waals surface area contributed by atoms with Crippen LogP contribution < -0.4 is 0 Å². The zero-order valence-corrected chi connectivity index (χ0v) is 9.44. The van der Waals surface area contributed by atoms with Gasteiger partial charge in [-0.3, -0.25) is 0 Å².